The van der Waals surface area contributed by atoms with Gasteiger partial charge in [-0.05, 0) is 36.3 Å². The molecule has 0 bridgehead atoms. The molecule has 1 N–H and O–H groups in total. The Hall–Kier alpha value is -3.34. The number of hydrogen-bond donors (Lipinski definition) is 1. The zero-order valence-corrected chi connectivity index (χ0v) is 14.6. The maximum Gasteiger partial charge on any atom is 0.340 e. The van der Waals surface area contributed by atoms with Crippen LogP contribution in [0.2, 0.25) is 0 Å². The molecule has 0 aliphatic heterocycles. The molecule has 0 amide bonds. The number of nitrogens with one attached hydrogen (secondary N) is 1. The smallest absolute Gasteiger partial charge is 0.340 e. The number of aromatic nitrogens is 1. The van der Waals surface area contributed by atoms with Crippen LogP contribution in [-0.2, 0) is 20.9 Å². The Bertz CT molecular complexity index is 970. The maximum absolute atomic E-state index is 12.6. The molecule has 0 saturated heterocycles. The lowest BCUT2D eigenvalue weighted by Crippen LogP contribution is -2.06. The van der Waals surface area contributed by atoms with Crippen molar-refractivity contribution in [2.45, 2.75) is 13.5 Å². The Kier molecular flexibility index (Phi) is 5.17. The first-order valence-electron chi connectivity index (χ1n) is 8.18. The van der Waals surface area contributed by atoms with Gasteiger partial charge < -0.3 is 14.5 Å². The third-order valence-electron chi connectivity index (χ3n) is 4.04. The Labute approximate surface area is 151 Å². The van der Waals surface area contributed by atoms with Gasteiger partial charge >= 0.3 is 11.9 Å². The highest BCUT2D eigenvalue weighted by atomic mass is 16.5. The molecule has 5 nitrogen and oxygen atoms in total. The number of carbonyl (C=O) groups is 2. The van der Waals surface area contributed by atoms with Gasteiger partial charge in [-0.15, -0.1) is 0 Å². The number of H-pyrrole nitrogens is 1. The predicted molar refractivity (Wildman–Crippen MR) is 99.6 cm³/mol. The van der Waals surface area contributed by atoms with E-state index in [-0.39, 0.29) is 12.6 Å². The second-order valence-electron chi connectivity index (χ2n) is 5.85. The van der Waals surface area contributed by atoms with E-state index in [0.717, 1.165) is 27.7 Å². The fraction of sp³-hybridized carbons (Fsp3) is 0.143. The topological polar surface area (TPSA) is 68.4 Å². The summed E-state index contributed by atoms with van der Waals surface area (Å²) in [6.07, 6.45) is 2.99. The van der Waals surface area contributed by atoms with E-state index in [1.807, 2.05) is 55.5 Å². The molecule has 26 heavy (non-hydrogen) atoms. The molecule has 132 valence electrons. The number of esters is 2. The molecule has 0 unspecified atom stereocenters. The lowest BCUT2D eigenvalue weighted by molar-refractivity contribution is -0.134. The van der Waals surface area contributed by atoms with Crippen molar-refractivity contribution in [2.75, 3.05) is 7.11 Å². The minimum absolute atomic E-state index is 0.216. The van der Waals surface area contributed by atoms with Gasteiger partial charge in [0.2, 0.25) is 0 Å². The molecule has 0 radical (unpaired) electrons. The molecule has 3 rings (SSSR count). The molecule has 0 spiro atoms. The van der Waals surface area contributed by atoms with Crippen molar-refractivity contribution in [2.24, 2.45) is 0 Å². The van der Waals surface area contributed by atoms with E-state index < -0.39 is 5.97 Å². The van der Waals surface area contributed by atoms with Crippen molar-refractivity contribution in [1.82, 2.24) is 4.98 Å². The second-order valence-corrected chi connectivity index (χ2v) is 5.85. The number of rotatable bonds is 5. The molecule has 1 heterocycles. The van der Waals surface area contributed by atoms with Crippen LogP contribution in [0, 0.1) is 6.92 Å². The zero-order valence-electron chi connectivity index (χ0n) is 14.6. The number of methoxy groups -OCH3 is 1. The monoisotopic (exact) mass is 349 g/mol. The van der Waals surface area contributed by atoms with Crippen molar-refractivity contribution in [3.63, 3.8) is 0 Å². The molecule has 0 aliphatic rings. The molecule has 0 atom stereocenters. The highest BCUT2D eigenvalue weighted by molar-refractivity contribution is 6.06. The first-order chi connectivity index (χ1) is 12.6. The summed E-state index contributed by atoms with van der Waals surface area (Å²) < 4.78 is 10.1. The number of fused-ring (bicyclic) bond motifs is 1. The van der Waals surface area contributed by atoms with E-state index in [1.54, 1.807) is 6.08 Å². The van der Waals surface area contributed by atoms with Gasteiger partial charge in [0.25, 0.3) is 0 Å². The minimum Gasteiger partial charge on any atom is -0.466 e. The summed E-state index contributed by atoms with van der Waals surface area (Å²) in [7, 11) is 1.33. The lowest BCUT2D eigenvalue weighted by atomic mass is 10.1. The Balaban J connectivity index is 1.86. The van der Waals surface area contributed by atoms with E-state index in [4.69, 9.17) is 4.74 Å². The molecular weight excluding hydrogens is 330 g/mol. The van der Waals surface area contributed by atoms with Gasteiger partial charge in [0.05, 0.1) is 12.7 Å². The normalized spacial score (nSPS) is 11.0. The summed E-state index contributed by atoms with van der Waals surface area (Å²) >= 11 is 0. The summed E-state index contributed by atoms with van der Waals surface area (Å²) in [4.78, 5) is 27.1. The first-order valence-corrected chi connectivity index (χ1v) is 8.18. The van der Waals surface area contributed by atoms with E-state index in [0.29, 0.717) is 5.56 Å². The van der Waals surface area contributed by atoms with Crippen LogP contribution < -0.4 is 0 Å². The van der Waals surface area contributed by atoms with Crippen LogP contribution in [0.3, 0.4) is 0 Å². The molecule has 0 aliphatic carbocycles. The Morgan fingerprint density at radius 3 is 2.62 bits per heavy atom. The number of ether oxygens (including phenoxy) is 2. The summed E-state index contributed by atoms with van der Waals surface area (Å²) in [5.74, 6) is -0.815. The van der Waals surface area contributed by atoms with E-state index in [9.17, 15) is 9.59 Å². The van der Waals surface area contributed by atoms with Crippen LogP contribution in [0.25, 0.3) is 17.0 Å². The number of aromatic amines is 1. The third-order valence-corrected chi connectivity index (χ3v) is 4.04. The summed E-state index contributed by atoms with van der Waals surface area (Å²) in [6, 6.07) is 15.1. The SMILES string of the molecule is COC(=O)/C=C/c1ccc2[nH]c(C)c(C(=O)OCc3ccccc3)c2c1. The van der Waals surface area contributed by atoms with Crippen LogP contribution in [0.5, 0.6) is 0 Å². The van der Waals surface area contributed by atoms with Crippen LogP contribution >= 0.6 is 0 Å². The predicted octanol–water partition coefficient (Wildman–Crippen LogP) is 4.02. The fourth-order valence-electron chi connectivity index (χ4n) is 2.74. The number of benzene rings is 2. The van der Waals surface area contributed by atoms with Gasteiger partial charge in [-0.25, -0.2) is 9.59 Å². The second kappa shape index (κ2) is 7.70. The zero-order chi connectivity index (χ0) is 18.5. The number of aryl methyl sites for hydroxylation is 1. The van der Waals surface area contributed by atoms with Gasteiger partial charge in [0.1, 0.15) is 6.61 Å². The van der Waals surface area contributed by atoms with Crippen LogP contribution in [-0.4, -0.2) is 24.0 Å². The third kappa shape index (κ3) is 3.83. The molecule has 3 aromatic rings. The Morgan fingerprint density at radius 1 is 1.12 bits per heavy atom. The van der Waals surface area contributed by atoms with Crippen LogP contribution in [0.15, 0.2) is 54.6 Å². The molecule has 1 aromatic heterocycles. The Morgan fingerprint density at radius 2 is 1.88 bits per heavy atom. The van der Waals surface area contributed by atoms with Gasteiger partial charge in [-0.3, -0.25) is 0 Å². The average molecular weight is 349 g/mol. The number of carbonyl (C=O) groups excluding carboxylic acids is 2. The first kappa shape index (κ1) is 17.5. The van der Waals surface area contributed by atoms with Crippen molar-refractivity contribution < 1.29 is 19.1 Å². The molecule has 2 aromatic carbocycles. The summed E-state index contributed by atoms with van der Waals surface area (Å²) in [5, 5.41) is 0.757. The molecule has 0 fully saturated rings. The van der Waals surface area contributed by atoms with Crippen molar-refractivity contribution in [1.29, 1.82) is 0 Å². The highest BCUT2D eigenvalue weighted by Crippen LogP contribution is 2.25. The van der Waals surface area contributed by atoms with E-state index in [1.165, 1.54) is 13.2 Å². The average Bonchev–Trinajstić information content (AvgIpc) is 3.00. The van der Waals surface area contributed by atoms with E-state index in [2.05, 4.69) is 9.72 Å². The lowest BCUT2D eigenvalue weighted by Gasteiger charge is -2.05. The highest BCUT2D eigenvalue weighted by Gasteiger charge is 2.17. The van der Waals surface area contributed by atoms with Crippen molar-refractivity contribution >= 4 is 28.9 Å². The molecule has 0 saturated carbocycles. The molecule has 5 heteroatoms. The fourth-order valence-corrected chi connectivity index (χ4v) is 2.74. The van der Waals surface area contributed by atoms with Crippen molar-refractivity contribution in [3.05, 3.63) is 77.0 Å². The summed E-state index contributed by atoms with van der Waals surface area (Å²) in [5.41, 5.74) is 3.81. The van der Waals surface area contributed by atoms with Crippen molar-refractivity contribution in [3.8, 4) is 0 Å². The largest absolute Gasteiger partial charge is 0.466 e. The van der Waals surface area contributed by atoms with Gasteiger partial charge in [0, 0.05) is 22.7 Å². The standard InChI is InChI=1S/C21H19NO4/c1-14-20(21(24)26-13-16-6-4-3-5-7-16)17-12-15(8-10-18(17)22-14)9-11-19(23)25-2/h3-12,22H,13H2,1-2H3/b11-9+. The van der Waals surface area contributed by atoms with Gasteiger partial charge in [-0.1, -0.05) is 36.4 Å². The quantitative estimate of drug-likeness (QED) is 0.558. The van der Waals surface area contributed by atoms with Crippen LogP contribution in [0.1, 0.15) is 27.2 Å². The molecular formula is C21H19NO4. The van der Waals surface area contributed by atoms with E-state index >= 15 is 0 Å². The summed E-state index contributed by atoms with van der Waals surface area (Å²) in [6.45, 7) is 2.05. The number of hydrogen-bond acceptors (Lipinski definition) is 4. The minimum atomic E-state index is -0.433. The van der Waals surface area contributed by atoms with Gasteiger partial charge in [0.15, 0.2) is 0 Å². The van der Waals surface area contributed by atoms with Crippen LogP contribution in [0.4, 0.5) is 0 Å². The maximum atomic E-state index is 12.6. The van der Waals surface area contributed by atoms with Gasteiger partial charge in [-0.2, -0.15) is 0 Å².